The number of halogens is 1. The molecule has 5 nitrogen and oxygen atoms in total. The molecule has 26 heavy (non-hydrogen) atoms. The maximum Gasteiger partial charge on any atom is 0.310 e. The summed E-state index contributed by atoms with van der Waals surface area (Å²) in [6.45, 7) is 0.0546. The molecule has 136 valence electrons. The summed E-state index contributed by atoms with van der Waals surface area (Å²) in [5.74, 6) is 3.53. The first-order valence-electron chi connectivity index (χ1n) is 9.41. The third kappa shape index (κ3) is 2.88. The van der Waals surface area contributed by atoms with Gasteiger partial charge in [0.2, 0.25) is 5.89 Å². The van der Waals surface area contributed by atoms with E-state index in [2.05, 4.69) is 26.1 Å². The summed E-state index contributed by atoms with van der Waals surface area (Å²) in [5.41, 5.74) is 0.832. The third-order valence-electron chi connectivity index (χ3n) is 6.41. The van der Waals surface area contributed by atoms with Gasteiger partial charge >= 0.3 is 5.97 Å². The lowest BCUT2D eigenvalue weighted by Crippen LogP contribution is -2.48. The zero-order valence-electron chi connectivity index (χ0n) is 14.4. The maximum atomic E-state index is 12.7. The van der Waals surface area contributed by atoms with Crippen molar-refractivity contribution in [1.29, 1.82) is 0 Å². The number of carbonyl (C=O) groups is 1. The molecule has 1 aromatic carbocycles. The minimum atomic E-state index is -0.0700. The number of carbonyl (C=O) groups excluding carboxylic acids is 1. The molecule has 4 aliphatic rings. The van der Waals surface area contributed by atoms with Crippen LogP contribution in [0.25, 0.3) is 11.5 Å². The van der Waals surface area contributed by atoms with Gasteiger partial charge in [0.05, 0.1) is 11.5 Å². The molecule has 4 fully saturated rings. The molecule has 0 amide bonds. The van der Waals surface area contributed by atoms with Crippen LogP contribution in [0.3, 0.4) is 0 Å². The van der Waals surface area contributed by atoms with Gasteiger partial charge in [-0.3, -0.25) is 4.79 Å². The first-order valence-corrected chi connectivity index (χ1v) is 10.2. The standard InChI is InChI=1S/C20H21BrN2O3/c21-16-4-2-1-3-15(16)19-23-22-17(26-19)10-25-20(24)18-13-6-11-5-12(8-13)9-14(18)7-11/h1-4,11-14,18H,5-10H2. The van der Waals surface area contributed by atoms with Gasteiger partial charge < -0.3 is 9.15 Å². The molecule has 0 spiro atoms. The van der Waals surface area contributed by atoms with Gasteiger partial charge in [-0.15, -0.1) is 10.2 Å². The number of aromatic nitrogens is 2. The number of ether oxygens (including phenoxy) is 1. The minimum Gasteiger partial charge on any atom is -0.455 e. The van der Waals surface area contributed by atoms with Crippen molar-refractivity contribution in [3.63, 3.8) is 0 Å². The second-order valence-corrected chi connectivity index (χ2v) is 8.90. The summed E-state index contributed by atoms with van der Waals surface area (Å²) >= 11 is 3.48. The molecule has 0 saturated heterocycles. The van der Waals surface area contributed by atoms with Crippen LogP contribution in [0.4, 0.5) is 0 Å². The van der Waals surface area contributed by atoms with Crippen LogP contribution in [-0.2, 0) is 16.1 Å². The topological polar surface area (TPSA) is 65.2 Å². The number of esters is 1. The number of benzene rings is 1. The SMILES string of the molecule is O=C(OCc1nnc(-c2ccccc2Br)o1)C1C2CC3CC(C2)CC1C3. The van der Waals surface area contributed by atoms with Crippen LogP contribution in [0.1, 0.15) is 38.0 Å². The summed E-state index contributed by atoms with van der Waals surface area (Å²) in [7, 11) is 0. The van der Waals surface area contributed by atoms with E-state index in [4.69, 9.17) is 9.15 Å². The Labute approximate surface area is 160 Å². The summed E-state index contributed by atoms with van der Waals surface area (Å²) in [6, 6.07) is 7.67. The molecule has 0 unspecified atom stereocenters. The first kappa shape index (κ1) is 16.5. The van der Waals surface area contributed by atoms with Gasteiger partial charge in [-0.2, -0.15) is 0 Å². The van der Waals surface area contributed by atoms with Crippen molar-refractivity contribution in [3.8, 4) is 11.5 Å². The van der Waals surface area contributed by atoms with Crippen molar-refractivity contribution in [3.05, 3.63) is 34.6 Å². The zero-order valence-corrected chi connectivity index (χ0v) is 16.0. The first-order chi connectivity index (χ1) is 12.7. The van der Waals surface area contributed by atoms with Gasteiger partial charge in [0.15, 0.2) is 6.61 Å². The average Bonchev–Trinajstić information content (AvgIpc) is 3.08. The molecule has 4 bridgehead atoms. The van der Waals surface area contributed by atoms with Crippen molar-refractivity contribution >= 4 is 21.9 Å². The molecule has 0 radical (unpaired) electrons. The molecular formula is C20H21BrN2O3. The highest BCUT2D eigenvalue weighted by atomic mass is 79.9. The van der Waals surface area contributed by atoms with Crippen LogP contribution in [-0.4, -0.2) is 16.2 Å². The number of rotatable bonds is 4. The lowest BCUT2D eigenvalue weighted by molar-refractivity contribution is -0.164. The molecule has 1 heterocycles. The van der Waals surface area contributed by atoms with Crippen LogP contribution in [0.15, 0.2) is 33.2 Å². The predicted molar refractivity (Wildman–Crippen MR) is 97.8 cm³/mol. The van der Waals surface area contributed by atoms with Crippen LogP contribution >= 0.6 is 15.9 Å². The van der Waals surface area contributed by atoms with Crippen molar-refractivity contribution in [2.45, 2.75) is 38.7 Å². The molecule has 4 aliphatic carbocycles. The molecule has 0 aliphatic heterocycles. The lowest BCUT2D eigenvalue weighted by atomic mass is 9.52. The van der Waals surface area contributed by atoms with Gasteiger partial charge in [-0.1, -0.05) is 12.1 Å². The van der Waals surface area contributed by atoms with Crippen molar-refractivity contribution in [1.82, 2.24) is 10.2 Å². The second kappa shape index (κ2) is 6.48. The Kier molecular flexibility index (Phi) is 4.11. The van der Waals surface area contributed by atoms with E-state index in [9.17, 15) is 4.79 Å². The van der Waals surface area contributed by atoms with Gasteiger partial charge in [0.25, 0.3) is 5.89 Å². The number of hydrogen-bond acceptors (Lipinski definition) is 5. The molecule has 0 atom stereocenters. The summed E-state index contributed by atoms with van der Waals surface area (Å²) < 4.78 is 12.2. The van der Waals surface area contributed by atoms with E-state index >= 15 is 0 Å². The van der Waals surface area contributed by atoms with E-state index in [1.165, 1.54) is 32.1 Å². The molecular weight excluding hydrogens is 396 g/mol. The molecule has 6 rings (SSSR count). The Balaban J connectivity index is 1.24. The van der Waals surface area contributed by atoms with Crippen LogP contribution in [0.2, 0.25) is 0 Å². The third-order valence-corrected chi connectivity index (χ3v) is 7.10. The van der Waals surface area contributed by atoms with E-state index in [0.29, 0.717) is 23.6 Å². The summed E-state index contributed by atoms with van der Waals surface area (Å²) in [6.07, 6.45) is 6.21. The Morgan fingerprint density at radius 3 is 2.46 bits per heavy atom. The predicted octanol–water partition coefficient (Wildman–Crippen LogP) is 4.61. The zero-order chi connectivity index (χ0) is 17.7. The number of nitrogens with zero attached hydrogens (tertiary/aromatic N) is 2. The highest BCUT2D eigenvalue weighted by molar-refractivity contribution is 9.10. The van der Waals surface area contributed by atoms with Gasteiger partial charge in [-0.05, 0) is 83.8 Å². The highest BCUT2D eigenvalue weighted by Gasteiger charge is 2.51. The lowest BCUT2D eigenvalue weighted by Gasteiger charge is -2.53. The van der Waals surface area contributed by atoms with Crippen LogP contribution in [0, 0.1) is 29.6 Å². The Hall–Kier alpha value is -1.69. The van der Waals surface area contributed by atoms with Crippen molar-refractivity contribution in [2.75, 3.05) is 0 Å². The van der Waals surface area contributed by atoms with E-state index in [-0.39, 0.29) is 18.5 Å². The smallest absolute Gasteiger partial charge is 0.310 e. The fourth-order valence-corrected chi connectivity index (χ4v) is 6.05. The molecule has 2 aromatic rings. The molecule has 4 saturated carbocycles. The fraction of sp³-hybridized carbons (Fsp3) is 0.550. The van der Waals surface area contributed by atoms with Gasteiger partial charge in [0.1, 0.15) is 0 Å². The van der Waals surface area contributed by atoms with Crippen molar-refractivity contribution < 1.29 is 13.9 Å². The van der Waals surface area contributed by atoms with Gasteiger partial charge in [0, 0.05) is 4.47 Å². The van der Waals surface area contributed by atoms with E-state index in [0.717, 1.165) is 21.9 Å². The molecule has 6 heteroatoms. The quantitative estimate of drug-likeness (QED) is 0.680. The Bertz CT molecular complexity index is 806. The maximum absolute atomic E-state index is 12.7. The molecule has 1 aromatic heterocycles. The van der Waals surface area contributed by atoms with Crippen LogP contribution < -0.4 is 0 Å². The Morgan fingerprint density at radius 1 is 1.08 bits per heavy atom. The monoisotopic (exact) mass is 416 g/mol. The number of hydrogen-bond donors (Lipinski definition) is 0. The fourth-order valence-electron chi connectivity index (χ4n) is 5.59. The summed E-state index contributed by atoms with van der Waals surface area (Å²) in [4.78, 5) is 12.7. The minimum absolute atomic E-state index is 0.0546. The normalized spacial score (nSPS) is 32.0. The van der Waals surface area contributed by atoms with Gasteiger partial charge in [-0.25, -0.2) is 0 Å². The van der Waals surface area contributed by atoms with E-state index < -0.39 is 0 Å². The largest absolute Gasteiger partial charge is 0.455 e. The second-order valence-electron chi connectivity index (χ2n) is 8.05. The summed E-state index contributed by atoms with van der Waals surface area (Å²) in [5, 5.41) is 8.10. The van der Waals surface area contributed by atoms with E-state index in [1.807, 2.05) is 24.3 Å². The average molecular weight is 417 g/mol. The van der Waals surface area contributed by atoms with Crippen LogP contribution in [0.5, 0.6) is 0 Å². The highest BCUT2D eigenvalue weighted by Crippen LogP contribution is 2.56. The van der Waals surface area contributed by atoms with Crippen molar-refractivity contribution in [2.24, 2.45) is 29.6 Å². The van der Waals surface area contributed by atoms with E-state index in [1.54, 1.807) is 0 Å². The Morgan fingerprint density at radius 2 is 1.77 bits per heavy atom. The molecule has 0 N–H and O–H groups in total.